The first kappa shape index (κ1) is 15.2. The minimum atomic E-state index is -0.652. The zero-order valence-electron chi connectivity index (χ0n) is 12.6. The van der Waals surface area contributed by atoms with Crippen LogP contribution >= 0.6 is 0 Å². The monoisotopic (exact) mass is 291 g/mol. The quantitative estimate of drug-likeness (QED) is 0.825. The molecule has 6 nitrogen and oxygen atoms in total. The third-order valence-corrected chi connectivity index (χ3v) is 3.74. The van der Waals surface area contributed by atoms with Gasteiger partial charge < -0.3 is 15.5 Å². The van der Waals surface area contributed by atoms with Gasteiger partial charge in [0.25, 0.3) is 0 Å². The largest absolute Gasteiger partial charge is 0.420 e. The molecule has 2 rings (SSSR count). The number of nitrogens with one attached hydrogen (secondary N) is 1. The molecule has 1 unspecified atom stereocenters. The molecule has 3 N–H and O–H groups in total. The molecular weight excluding hydrogens is 270 g/mol. The highest BCUT2D eigenvalue weighted by Crippen LogP contribution is 2.20. The fourth-order valence-electron chi connectivity index (χ4n) is 2.35. The molecule has 1 aromatic heterocycles. The van der Waals surface area contributed by atoms with Crippen LogP contribution in [-0.4, -0.2) is 16.5 Å². The molecular formula is C15H21N3O3. The van der Waals surface area contributed by atoms with E-state index < -0.39 is 11.8 Å². The Bertz CT molecular complexity index is 698. The van der Waals surface area contributed by atoms with E-state index in [1.54, 1.807) is 25.1 Å². The van der Waals surface area contributed by atoms with Crippen molar-refractivity contribution in [2.75, 3.05) is 5.73 Å². The highest BCUT2D eigenvalue weighted by atomic mass is 16.4. The highest BCUT2D eigenvalue weighted by molar-refractivity contribution is 5.84. The third-order valence-electron chi connectivity index (χ3n) is 3.74. The van der Waals surface area contributed by atoms with Gasteiger partial charge in [-0.2, -0.15) is 0 Å². The van der Waals surface area contributed by atoms with E-state index in [1.165, 1.54) is 4.57 Å². The van der Waals surface area contributed by atoms with Gasteiger partial charge in [0.05, 0.1) is 5.52 Å². The number of carbonyl (C=O) groups excluding carboxylic acids is 1. The third kappa shape index (κ3) is 2.94. The average molecular weight is 291 g/mol. The minimum Gasteiger partial charge on any atom is -0.408 e. The summed E-state index contributed by atoms with van der Waals surface area (Å²) in [4.78, 5) is 24.3. The molecule has 0 aliphatic heterocycles. The molecule has 1 heterocycles. The van der Waals surface area contributed by atoms with Gasteiger partial charge in [-0.3, -0.25) is 9.36 Å². The van der Waals surface area contributed by atoms with Crippen molar-refractivity contribution in [1.29, 1.82) is 0 Å². The second-order valence-electron chi connectivity index (χ2n) is 5.16. The lowest BCUT2D eigenvalue weighted by atomic mass is 10.1. The van der Waals surface area contributed by atoms with Gasteiger partial charge in [0.2, 0.25) is 5.91 Å². The summed E-state index contributed by atoms with van der Waals surface area (Å²) in [5.74, 6) is -0.751. The molecule has 0 bridgehead atoms. The molecule has 1 atom stereocenters. The first-order chi connectivity index (χ1) is 9.97. The maximum Gasteiger partial charge on any atom is 0.420 e. The van der Waals surface area contributed by atoms with Crippen LogP contribution in [-0.2, 0) is 4.79 Å². The zero-order valence-corrected chi connectivity index (χ0v) is 12.6. The fraction of sp³-hybridized carbons (Fsp3) is 0.467. The van der Waals surface area contributed by atoms with Crippen LogP contribution in [0.15, 0.2) is 27.4 Å². The SMILES string of the molecule is CCC(CC)NC(=O)C(C)n1c(=O)oc2ccc(N)cc21. The molecule has 1 amide bonds. The number of hydrogen-bond donors (Lipinski definition) is 2. The lowest BCUT2D eigenvalue weighted by Crippen LogP contribution is -2.40. The van der Waals surface area contributed by atoms with E-state index in [0.717, 1.165) is 12.8 Å². The number of rotatable bonds is 5. The lowest BCUT2D eigenvalue weighted by Gasteiger charge is -2.19. The standard InChI is InChI=1S/C15H21N3O3/c1-4-11(5-2)17-14(19)9(3)18-12-8-10(16)6-7-13(12)21-15(18)20/h6-9,11H,4-5,16H2,1-3H3,(H,17,19). The molecule has 0 aliphatic rings. The number of nitrogen functional groups attached to an aromatic ring is 1. The van der Waals surface area contributed by atoms with Crippen LogP contribution < -0.4 is 16.8 Å². The van der Waals surface area contributed by atoms with Crippen LogP contribution in [0.2, 0.25) is 0 Å². The van der Waals surface area contributed by atoms with E-state index in [2.05, 4.69) is 5.32 Å². The predicted molar refractivity (Wildman–Crippen MR) is 82.1 cm³/mol. The Morgan fingerprint density at radius 2 is 2.05 bits per heavy atom. The maximum absolute atomic E-state index is 12.3. The number of fused-ring (bicyclic) bond motifs is 1. The number of amides is 1. The van der Waals surface area contributed by atoms with Gasteiger partial charge in [-0.15, -0.1) is 0 Å². The predicted octanol–water partition coefficient (Wildman–Crippen LogP) is 2.04. The van der Waals surface area contributed by atoms with E-state index in [-0.39, 0.29) is 11.9 Å². The summed E-state index contributed by atoms with van der Waals surface area (Å²) in [6.07, 6.45) is 1.70. The van der Waals surface area contributed by atoms with Gasteiger partial charge in [-0.25, -0.2) is 4.79 Å². The molecule has 114 valence electrons. The van der Waals surface area contributed by atoms with Crippen LogP contribution in [0.1, 0.15) is 39.7 Å². The van der Waals surface area contributed by atoms with Crippen molar-refractivity contribution in [2.24, 2.45) is 0 Å². The second-order valence-corrected chi connectivity index (χ2v) is 5.16. The number of nitrogens with two attached hydrogens (primary N) is 1. The number of nitrogens with zero attached hydrogens (tertiary/aromatic N) is 1. The van der Waals surface area contributed by atoms with Crippen LogP contribution in [0.5, 0.6) is 0 Å². The normalized spacial score (nSPS) is 12.8. The van der Waals surface area contributed by atoms with Gasteiger partial charge in [-0.05, 0) is 38.0 Å². The smallest absolute Gasteiger partial charge is 0.408 e. The Morgan fingerprint density at radius 1 is 1.38 bits per heavy atom. The van der Waals surface area contributed by atoms with Crippen molar-refractivity contribution in [2.45, 2.75) is 45.7 Å². The molecule has 0 spiro atoms. The van der Waals surface area contributed by atoms with E-state index in [4.69, 9.17) is 10.2 Å². The van der Waals surface area contributed by atoms with Gasteiger partial charge in [0.1, 0.15) is 6.04 Å². The summed E-state index contributed by atoms with van der Waals surface area (Å²) in [6.45, 7) is 5.70. The fourth-order valence-corrected chi connectivity index (χ4v) is 2.35. The number of aromatic nitrogens is 1. The summed E-state index contributed by atoms with van der Waals surface area (Å²) in [5.41, 5.74) is 7.22. The zero-order chi connectivity index (χ0) is 15.6. The summed E-state index contributed by atoms with van der Waals surface area (Å²) >= 11 is 0. The molecule has 6 heteroatoms. The summed E-state index contributed by atoms with van der Waals surface area (Å²) < 4.78 is 6.49. The number of anilines is 1. The molecule has 1 aromatic carbocycles. The van der Waals surface area contributed by atoms with Crippen LogP contribution in [0, 0.1) is 0 Å². The number of hydrogen-bond acceptors (Lipinski definition) is 4. The molecule has 0 aliphatic carbocycles. The average Bonchev–Trinajstić information content (AvgIpc) is 2.78. The number of benzene rings is 1. The van der Waals surface area contributed by atoms with Gasteiger partial charge >= 0.3 is 5.76 Å². The van der Waals surface area contributed by atoms with E-state index in [9.17, 15) is 9.59 Å². The minimum absolute atomic E-state index is 0.110. The Labute approximate surface area is 122 Å². The molecule has 0 saturated heterocycles. The Morgan fingerprint density at radius 3 is 2.67 bits per heavy atom. The lowest BCUT2D eigenvalue weighted by molar-refractivity contribution is -0.124. The number of carbonyl (C=O) groups is 1. The van der Waals surface area contributed by atoms with E-state index in [1.807, 2.05) is 13.8 Å². The van der Waals surface area contributed by atoms with Crippen molar-refractivity contribution in [3.05, 3.63) is 28.7 Å². The van der Waals surface area contributed by atoms with Gasteiger partial charge in [-0.1, -0.05) is 13.8 Å². The number of oxazole rings is 1. The Kier molecular flexibility index (Phi) is 4.35. The molecule has 21 heavy (non-hydrogen) atoms. The van der Waals surface area contributed by atoms with E-state index in [0.29, 0.717) is 16.8 Å². The van der Waals surface area contributed by atoms with Crippen molar-refractivity contribution in [3.8, 4) is 0 Å². The van der Waals surface area contributed by atoms with Gasteiger partial charge in [0.15, 0.2) is 5.58 Å². The summed E-state index contributed by atoms with van der Waals surface area (Å²) in [7, 11) is 0. The Hall–Kier alpha value is -2.24. The van der Waals surface area contributed by atoms with Crippen LogP contribution in [0.25, 0.3) is 11.1 Å². The van der Waals surface area contributed by atoms with Gasteiger partial charge in [0, 0.05) is 11.7 Å². The Balaban J connectivity index is 2.37. The van der Waals surface area contributed by atoms with Crippen molar-refractivity contribution in [3.63, 3.8) is 0 Å². The summed E-state index contributed by atoms with van der Waals surface area (Å²) in [5, 5.41) is 2.94. The topological polar surface area (TPSA) is 90.3 Å². The van der Waals surface area contributed by atoms with Crippen molar-refractivity contribution in [1.82, 2.24) is 9.88 Å². The van der Waals surface area contributed by atoms with Crippen molar-refractivity contribution < 1.29 is 9.21 Å². The van der Waals surface area contributed by atoms with Crippen LogP contribution in [0.4, 0.5) is 5.69 Å². The molecule has 0 fully saturated rings. The van der Waals surface area contributed by atoms with E-state index >= 15 is 0 Å². The molecule has 2 aromatic rings. The second kappa shape index (κ2) is 6.03. The summed E-state index contributed by atoms with van der Waals surface area (Å²) in [6, 6.07) is 4.39. The molecule has 0 radical (unpaired) electrons. The first-order valence-corrected chi connectivity index (χ1v) is 7.18. The first-order valence-electron chi connectivity index (χ1n) is 7.18. The van der Waals surface area contributed by atoms with Crippen LogP contribution in [0.3, 0.4) is 0 Å². The molecule has 0 saturated carbocycles. The maximum atomic E-state index is 12.3. The van der Waals surface area contributed by atoms with Crippen molar-refractivity contribution >= 4 is 22.7 Å². The highest BCUT2D eigenvalue weighted by Gasteiger charge is 2.22.